The molecule has 0 radical (unpaired) electrons. The monoisotopic (exact) mass is 487 g/mol. The van der Waals surface area contributed by atoms with Gasteiger partial charge in [-0.3, -0.25) is 9.88 Å². The summed E-state index contributed by atoms with van der Waals surface area (Å²) in [6.45, 7) is 12.3. The first-order valence-corrected chi connectivity index (χ1v) is 12.9. The van der Waals surface area contributed by atoms with Crippen molar-refractivity contribution < 1.29 is 0 Å². The van der Waals surface area contributed by atoms with Gasteiger partial charge in [-0.1, -0.05) is 66.7 Å². The van der Waals surface area contributed by atoms with Crippen LogP contribution in [0.3, 0.4) is 0 Å². The Labute approximate surface area is 215 Å². The van der Waals surface area contributed by atoms with Crippen LogP contribution in [0.25, 0.3) is 37.3 Å². The molecule has 6 rings (SSSR count). The van der Waals surface area contributed by atoms with Crippen molar-refractivity contribution >= 4 is 33.1 Å². The lowest BCUT2D eigenvalue weighted by atomic mass is 9.98. The highest BCUT2D eigenvalue weighted by atomic mass is 32.1. The molecule has 5 nitrogen and oxygen atoms in total. The normalized spacial score (nSPS) is 14.1. The van der Waals surface area contributed by atoms with Crippen LogP contribution in [0.4, 0.5) is 11.5 Å². The van der Waals surface area contributed by atoms with Crippen LogP contribution >= 0.6 is 11.5 Å². The summed E-state index contributed by atoms with van der Waals surface area (Å²) in [6.07, 6.45) is 1.66. The minimum Gasteiger partial charge on any atom is -0.353 e. The summed E-state index contributed by atoms with van der Waals surface area (Å²) < 4.78 is 5.99. The van der Waals surface area contributed by atoms with Crippen molar-refractivity contribution in [2.45, 2.75) is 6.54 Å². The van der Waals surface area contributed by atoms with Crippen molar-refractivity contribution in [2.24, 2.45) is 0 Å². The van der Waals surface area contributed by atoms with Crippen LogP contribution in [-0.2, 0) is 6.54 Å². The van der Waals surface area contributed by atoms with Crippen LogP contribution in [0.1, 0.15) is 5.56 Å². The van der Waals surface area contributed by atoms with E-state index < -0.39 is 0 Å². The van der Waals surface area contributed by atoms with Gasteiger partial charge in [0.1, 0.15) is 5.82 Å². The Bertz CT molecular complexity index is 1530. The lowest BCUT2D eigenvalue weighted by molar-refractivity contribution is 0.249. The fraction of sp³-hybridized carbons (Fsp3) is 0.167. The SMILES string of the molecule is [C-]#[N+]c1cnc(-c2ccc(CN3CCN(c4nsc5ccccc45)CC3)cc2)c(-c2ccccc2)c1. The Hall–Kier alpha value is -4.05. The number of fused-ring (bicyclic) bond motifs is 1. The first-order chi connectivity index (χ1) is 17.8. The number of nitrogens with zero attached hydrogens (tertiary/aromatic N) is 5. The van der Waals surface area contributed by atoms with E-state index in [0.717, 1.165) is 60.9 Å². The maximum Gasteiger partial charge on any atom is 0.205 e. The van der Waals surface area contributed by atoms with Crippen LogP contribution in [0, 0.1) is 6.57 Å². The molecule has 1 aliphatic heterocycles. The predicted octanol–water partition coefficient (Wildman–Crippen LogP) is 6.90. The molecule has 5 aromatic rings. The highest BCUT2D eigenvalue weighted by molar-refractivity contribution is 7.13. The van der Waals surface area contributed by atoms with Crippen LogP contribution in [0.5, 0.6) is 0 Å². The molecule has 0 amide bonds. The number of hydrogen-bond donors (Lipinski definition) is 0. The highest BCUT2D eigenvalue weighted by Gasteiger charge is 2.21. The Morgan fingerprint density at radius 1 is 0.833 bits per heavy atom. The largest absolute Gasteiger partial charge is 0.353 e. The molecule has 36 heavy (non-hydrogen) atoms. The smallest absolute Gasteiger partial charge is 0.205 e. The number of aromatic nitrogens is 2. The van der Waals surface area contributed by atoms with E-state index in [1.54, 1.807) is 17.7 Å². The van der Waals surface area contributed by atoms with Gasteiger partial charge in [0.25, 0.3) is 0 Å². The molecule has 0 unspecified atom stereocenters. The molecule has 176 valence electrons. The van der Waals surface area contributed by atoms with E-state index in [1.807, 2.05) is 24.3 Å². The summed E-state index contributed by atoms with van der Waals surface area (Å²) in [4.78, 5) is 13.2. The highest BCUT2D eigenvalue weighted by Crippen LogP contribution is 2.34. The molecule has 0 spiro atoms. The molecule has 0 saturated carbocycles. The Morgan fingerprint density at radius 2 is 1.58 bits per heavy atom. The zero-order chi connectivity index (χ0) is 24.3. The molecule has 3 heterocycles. The summed E-state index contributed by atoms with van der Waals surface area (Å²) in [5.74, 6) is 1.13. The molecule has 3 aromatic carbocycles. The molecule has 1 saturated heterocycles. The third-order valence-electron chi connectivity index (χ3n) is 6.75. The number of benzene rings is 3. The van der Waals surface area contributed by atoms with E-state index in [0.29, 0.717) is 5.69 Å². The summed E-state index contributed by atoms with van der Waals surface area (Å²) >= 11 is 1.59. The number of hydrogen-bond acceptors (Lipinski definition) is 5. The van der Waals surface area contributed by atoms with Gasteiger partial charge in [0.05, 0.1) is 17.0 Å². The number of anilines is 1. The van der Waals surface area contributed by atoms with Crippen LogP contribution in [0.15, 0.2) is 91.1 Å². The van der Waals surface area contributed by atoms with Gasteiger partial charge >= 0.3 is 0 Å². The van der Waals surface area contributed by atoms with E-state index in [9.17, 15) is 0 Å². The topological polar surface area (TPSA) is 36.6 Å². The fourth-order valence-electron chi connectivity index (χ4n) is 4.83. The standard InChI is InChI=1S/C30H25N5S/c1-31-25-19-27(23-7-3-2-4-8-23)29(32-20-25)24-13-11-22(12-14-24)21-34-15-17-35(18-16-34)30-26-9-5-6-10-28(26)36-33-30/h2-14,19-20H,15-18,21H2. The third kappa shape index (κ3) is 4.47. The van der Waals surface area contributed by atoms with Gasteiger partial charge in [0.2, 0.25) is 5.69 Å². The second-order valence-corrected chi connectivity index (χ2v) is 9.83. The molecule has 0 aliphatic carbocycles. The van der Waals surface area contributed by atoms with Crippen molar-refractivity contribution in [3.05, 3.63) is 108 Å². The molecule has 1 aliphatic rings. The van der Waals surface area contributed by atoms with Gasteiger partial charge in [0, 0.05) is 49.9 Å². The zero-order valence-electron chi connectivity index (χ0n) is 19.8. The van der Waals surface area contributed by atoms with Crippen LogP contribution in [0.2, 0.25) is 0 Å². The molecule has 0 N–H and O–H groups in total. The first-order valence-electron chi connectivity index (χ1n) is 12.1. The van der Waals surface area contributed by atoms with Gasteiger partial charge in [-0.2, -0.15) is 4.37 Å². The third-order valence-corrected chi connectivity index (χ3v) is 7.57. The van der Waals surface area contributed by atoms with Crippen molar-refractivity contribution in [3.8, 4) is 22.4 Å². The quantitative estimate of drug-likeness (QED) is 0.253. The van der Waals surface area contributed by atoms with Gasteiger partial charge in [0.15, 0.2) is 0 Å². The second kappa shape index (κ2) is 9.90. The number of rotatable bonds is 5. The van der Waals surface area contributed by atoms with Crippen molar-refractivity contribution in [1.29, 1.82) is 0 Å². The average molecular weight is 488 g/mol. The van der Waals surface area contributed by atoms with Crippen molar-refractivity contribution in [3.63, 3.8) is 0 Å². The van der Waals surface area contributed by atoms with Gasteiger partial charge in [-0.25, -0.2) is 4.85 Å². The van der Waals surface area contributed by atoms with E-state index >= 15 is 0 Å². The lowest BCUT2D eigenvalue weighted by Gasteiger charge is -2.35. The van der Waals surface area contributed by atoms with E-state index in [-0.39, 0.29) is 0 Å². The minimum atomic E-state index is 0.555. The van der Waals surface area contributed by atoms with E-state index in [4.69, 9.17) is 10.9 Å². The summed E-state index contributed by atoms with van der Waals surface area (Å²) in [7, 11) is 0. The molecule has 0 atom stereocenters. The fourth-order valence-corrected chi connectivity index (χ4v) is 5.62. The van der Waals surface area contributed by atoms with Gasteiger partial charge in [-0.15, -0.1) is 0 Å². The number of piperazine rings is 1. The molecule has 2 aromatic heterocycles. The Morgan fingerprint density at radius 3 is 2.36 bits per heavy atom. The zero-order valence-corrected chi connectivity index (χ0v) is 20.7. The molecule has 6 heteroatoms. The molecule has 1 fully saturated rings. The van der Waals surface area contributed by atoms with Crippen LogP contribution < -0.4 is 4.90 Å². The second-order valence-electron chi connectivity index (χ2n) is 9.03. The maximum atomic E-state index is 7.39. The average Bonchev–Trinajstić information content (AvgIpc) is 3.38. The predicted molar refractivity (Wildman–Crippen MR) is 148 cm³/mol. The summed E-state index contributed by atoms with van der Waals surface area (Å²) in [5, 5.41) is 1.26. The molecular formula is C30H25N5S. The minimum absolute atomic E-state index is 0.555. The van der Waals surface area contributed by atoms with Crippen LogP contribution in [-0.4, -0.2) is 40.4 Å². The first kappa shape index (κ1) is 22.4. The number of pyridine rings is 1. The van der Waals surface area contributed by atoms with Gasteiger partial charge < -0.3 is 4.90 Å². The summed E-state index contributed by atoms with van der Waals surface area (Å²) in [5.41, 5.74) is 5.88. The molecule has 0 bridgehead atoms. The van der Waals surface area contributed by atoms with Crippen molar-refractivity contribution in [1.82, 2.24) is 14.3 Å². The Balaban J connectivity index is 1.15. The lowest BCUT2D eigenvalue weighted by Crippen LogP contribution is -2.46. The summed E-state index contributed by atoms with van der Waals surface area (Å²) in [6, 6.07) is 29.3. The van der Waals surface area contributed by atoms with Crippen molar-refractivity contribution in [2.75, 3.05) is 31.1 Å². The van der Waals surface area contributed by atoms with E-state index in [2.05, 4.69) is 80.3 Å². The Kier molecular flexibility index (Phi) is 6.17. The van der Waals surface area contributed by atoms with Gasteiger partial charge in [-0.05, 0) is 46.4 Å². The van der Waals surface area contributed by atoms with E-state index in [1.165, 1.54) is 15.6 Å². The maximum absolute atomic E-state index is 7.39. The molecular weight excluding hydrogens is 462 g/mol.